The van der Waals surface area contributed by atoms with E-state index in [1.54, 1.807) is 41.3 Å². The highest BCUT2D eigenvalue weighted by Gasteiger charge is 2.77. The van der Waals surface area contributed by atoms with Crippen LogP contribution in [0.4, 0.5) is 11.4 Å². The van der Waals surface area contributed by atoms with Gasteiger partial charge in [-0.25, -0.2) is 0 Å². The van der Waals surface area contributed by atoms with Crippen molar-refractivity contribution in [2.75, 3.05) is 23.8 Å². The van der Waals surface area contributed by atoms with E-state index in [0.29, 0.717) is 42.1 Å². The molecule has 5 atom stereocenters. The second-order valence-corrected chi connectivity index (χ2v) is 10.4. The Morgan fingerprint density at radius 3 is 2.50 bits per heavy atom. The molecule has 3 aliphatic rings. The van der Waals surface area contributed by atoms with Gasteiger partial charge in [0.1, 0.15) is 11.6 Å². The van der Waals surface area contributed by atoms with Crippen LogP contribution in [0.25, 0.3) is 0 Å². The second kappa shape index (κ2) is 9.50. The minimum absolute atomic E-state index is 0.0102. The normalized spacial score (nSPS) is 30.4. The van der Waals surface area contributed by atoms with Crippen LogP contribution < -0.4 is 10.6 Å². The van der Waals surface area contributed by atoms with Crippen LogP contribution in [0.1, 0.15) is 32.6 Å². The van der Waals surface area contributed by atoms with Crippen LogP contribution in [0.3, 0.4) is 0 Å². The van der Waals surface area contributed by atoms with Gasteiger partial charge in [-0.2, -0.15) is 0 Å². The monoisotopic (exact) mass is 511 g/mol. The van der Waals surface area contributed by atoms with Crippen molar-refractivity contribution in [2.24, 2.45) is 11.8 Å². The lowest BCUT2D eigenvalue weighted by Crippen LogP contribution is -2.53. The predicted octanol–water partition coefficient (Wildman–Crippen LogP) is 3.45. The highest BCUT2D eigenvalue weighted by molar-refractivity contribution is 6.33. The van der Waals surface area contributed by atoms with E-state index in [0.717, 1.165) is 0 Å². The lowest BCUT2D eigenvalue weighted by molar-refractivity contribution is -0.143. The number of amides is 3. The van der Waals surface area contributed by atoms with Gasteiger partial charge in [0.2, 0.25) is 17.7 Å². The van der Waals surface area contributed by atoms with E-state index in [9.17, 15) is 19.5 Å². The summed E-state index contributed by atoms with van der Waals surface area (Å²) in [7, 11) is 0. The zero-order valence-electron chi connectivity index (χ0n) is 20.1. The van der Waals surface area contributed by atoms with Gasteiger partial charge in [0.05, 0.1) is 28.1 Å². The molecule has 190 valence electrons. The molecule has 2 bridgehead atoms. The number of halogens is 1. The van der Waals surface area contributed by atoms with Crippen LogP contribution >= 0.6 is 11.6 Å². The number of benzene rings is 2. The Morgan fingerprint density at radius 1 is 1.06 bits per heavy atom. The molecule has 2 unspecified atom stereocenters. The second-order valence-electron chi connectivity index (χ2n) is 10.0. The smallest absolute Gasteiger partial charge is 0.250 e. The van der Waals surface area contributed by atoms with Crippen molar-refractivity contribution in [1.29, 1.82) is 0 Å². The van der Waals surface area contributed by atoms with Crippen LogP contribution in [-0.4, -0.2) is 58.1 Å². The zero-order chi connectivity index (χ0) is 25.5. The summed E-state index contributed by atoms with van der Waals surface area (Å²) >= 11 is 6.29. The van der Waals surface area contributed by atoms with Gasteiger partial charge in [-0.1, -0.05) is 41.9 Å². The molecule has 2 aromatic carbocycles. The molecule has 5 rings (SSSR count). The number of rotatable bonds is 8. The Labute approximate surface area is 215 Å². The average Bonchev–Trinajstić information content (AvgIpc) is 3.42. The summed E-state index contributed by atoms with van der Waals surface area (Å²) in [4.78, 5) is 42.8. The number of aliphatic hydroxyl groups excluding tert-OH is 1. The van der Waals surface area contributed by atoms with E-state index in [-0.39, 0.29) is 25.0 Å². The Morgan fingerprint density at radius 2 is 1.78 bits per heavy atom. The number of nitrogens with one attached hydrogen (secondary N) is 2. The summed E-state index contributed by atoms with van der Waals surface area (Å²) in [6, 6.07) is 15.1. The Balaban J connectivity index is 1.49. The summed E-state index contributed by atoms with van der Waals surface area (Å²) in [5.41, 5.74) is -0.890. The van der Waals surface area contributed by atoms with E-state index in [1.807, 2.05) is 25.1 Å². The van der Waals surface area contributed by atoms with Crippen LogP contribution in [0.5, 0.6) is 0 Å². The third-order valence-electron chi connectivity index (χ3n) is 7.79. The van der Waals surface area contributed by atoms with Crippen molar-refractivity contribution in [3.05, 3.63) is 59.6 Å². The SMILES string of the molecule is C[C@@]12CCC3(O1)C(C(=O)Nc1ccccc1Cl)N(CCCCO)C(=O)[C@@H]3[C@@H]2C(=O)Nc1ccccc1. The van der Waals surface area contributed by atoms with Crippen LogP contribution in [0, 0.1) is 11.8 Å². The van der Waals surface area contributed by atoms with Crippen LogP contribution in [0.15, 0.2) is 54.6 Å². The molecular formula is C27H30ClN3O5. The lowest BCUT2D eigenvalue weighted by atomic mass is 9.66. The average molecular weight is 512 g/mol. The summed E-state index contributed by atoms with van der Waals surface area (Å²) in [6.45, 7) is 2.14. The Kier molecular flexibility index (Phi) is 6.53. The summed E-state index contributed by atoms with van der Waals surface area (Å²) in [5.74, 6) is -2.46. The number of aliphatic hydroxyl groups is 1. The van der Waals surface area contributed by atoms with Crippen molar-refractivity contribution in [1.82, 2.24) is 4.90 Å². The third kappa shape index (κ3) is 3.97. The number of ether oxygens (including phenoxy) is 1. The number of unbranched alkanes of at least 4 members (excludes halogenated alkanes) is 1. The minimum Gasteiger partial charge on any atom is -0.396 e. The molecular weight excluding hydrogens is 482 g/mol. The molecule has 0 aliphatic carbocycles. The topological polar surface area (TPSA) is 108 Å². The van der Waals surface area contributed by atoms with E-state index in [4.69, 9.17) is 16.3 Å². The number of carbonyl (C=O) groups excluding carboxylic acids is 3. The Bertz CT molecular complexity index is 1180. The van der Waals surface area contributed by atoms with Gasteiger partial charge in [-0.15, -0.1) is 0 Å². The number of carbonyl (C=O) groups is 3. The Hall–Kier alpha value is -2.94. The lowest BCUT2D eigenvalue weighted by Gasteiger charge is -2.33. The summed E-state index contributed by atoms with van der Waals surface area (Å²) in [5, 5.41) is 15.5. The van der Waals surface area contributed by atoms with E-state index >= 15 is 0 Å². The fourth-order valence-corrected chi connectivity index (χ4v) is 6.45. The van der Waals surface area contributed by atoms with Crippen molar-refractivity contribution in [3.8, 4) is 0 Å². The van der Waals surface area contributed by atoms with Crippen LogP contribution in [0.2, 0.25) is 5.02 Å². The van der Waals surface area contributed by atoms with Gasteiger partial charge in [0.15, 0.2) is 0 Å². The largest absolute Gasteiger partial charge is 0.396 e. The first-order chi connectivity index (χ1) is 17.3. The summed E-state index contributed by atoms with van der Waals surface area (Å²) < 4.78 is 6.58. The highest BCUT2D eigenvalue weighted by Crippen LogP contribution is 2.63. The van der Waals surface area contributed by atoms with Crippen molar-refractivity contribution in [3.63, 3.8) is 0 Å². The molecule has 3 saturated heterocycles. The molecule has 9 heteroatoms. The molecule has 8 nitrogen and oxygen atoms in total. The number of nitrogens with zero attached hydrogens (tertiary/aromatic N) is 1. The van der Waals surface area contributed by atoms with E-state index < -0.39 is 35.0 Å². The fraction of sp³-hybridized carbons (Fsp3) is 0.444. The number of para-hydroxylation sites is 2. The quantitative estimate of drug-likeness (QED) is 0.470. The van der Waals surface area contributed by atoms with Crippen molar-refractivity contribution >= 4 is 40.7 Å². The van der Waals surface area contributed by atoms with Crippen LogP contribution in [-0.2, 0) is 19.1 Å². The van der Waals surface area contributed by atoms with E-state index in [1.165, 1.54) is 0 Å². The maximum atomic E-state index is 13.9. The first-order valence-electron chi connectivity index (χ1n) is 12.3. The minimum atomic E-state index is -1.12. The fourth-order valence-electron chi connectivity index (χ4n) is 6.27. The molecule has 36 heavy (non-hydrogen) atoms. The number of fused-ring (bicyclic) bond motifs is 1. The first-order valence-corrected chi connectivity index (χ1v) is 12.7. The molecule has 3 amide bonds. The highest BCUT2D eigenvalue weighted by atomic mass is 35.5. The molecule has 3 fully saturated rings. The number of hydrogen-bond acceptors (Lipinski definition) is 5. The summed E-state index contributed by atoms with van der Waals surface area (Å²) in [6.07, 6.45) is 2.08. The molecule has 3 aliphatic heterocycles. The first kappa shape index (κ1) is 24.7. The van der Waals surface area contributed by atoms with Gasteiger partial charge in [-0.3, -0.25) is 14.4 Å². The zero-order valence-corrected chi connectivity index (χ0v) is 20.8. The van der Waals surface area contributed by atoms with Crippen molar-refractivity contribution in [2.45, 2.75) is 49.9 Å². The maximum Gasteiger partial charge on any atom is 0.250 e. The molecule has 3 heterocycles. The standard InChI is InChI=1S/C27H30ClN3O5/c1-26-13-14-27(36-26)21(20(26)23(33)29-17-9-3-2-4-10-17)25(35)31(15-7-8-16-32)22(27)24(34)30-19-12-6-5-11-18(19)28/h2-6,9-12,20-22,32H,7-8,13-16H2,1H3,(H,29,33)(H,30,34)/t20-,21+,22?,26+,27?/m1/s1. The predicted molar refractivity (Wildman–Crippen MR) is 135 cm³/mol. The molecule has 1 spiro atoms. The van der Waals surface area contributed by atoms with Gasteiger partial charge >= 0.3 is 0 Å². The third-order valence-corrected chi connectivity index (χ3v) is 8.12. The number of hydrogen-bond donors (Lipinski definition) is 3. The molecule has 0 aromatic heterocycles. The van der Waals surface area contributed by atoms with Gasteiger partial charge in [0, 0.05) is 18.8 Å². The molecule has 2 aromatic rings. The maximum absolute atomic E-state index is 13.9. The molecule has 0 saturated carbocycles. The van der Waals surface area contributed by atoms with E-state index in [2.05, 4.69) is 10.6 Å². The van der Waals surface area contributed by atoms with Gasteiger partial charge in [-0.05, 0) is 56.9 Å². The van der Waals surface area contributed by atoms with Gasteiger partial charge in [0.25, 0.3) is 0 Å². The number of anilines is 2. The van der Waals surface area contributed by atoms with Crippen molar-refractivity contribution < 1.29 is 24.2 Å². The molecule has 0 radical (unpaired) electrons. The molecule has 3 N–H and O–H groups in total. The number of likely N-dealkylation sites (tertiary alicyclic amines) is 1. The van der Waals surface area contributed by atoms with Gasteiger partial charge < -0.3 is 25.4 Å².